The van der Waals surface area contributed by atoms with Crippen molar-refractivity contribution in [2.45, 2.75) is 32.2 Å². The summed E-state index contributed by atoms with van der Waals surface area (Å²) in [5.41, 5.74) is 7.11. The van der Waals surface area contributed by atoms with Crippen molar-refractivity contribution in [3.63, 3.8) is 0 Å². The largest absolute Gasteiger partial charge is 0.352 e. The number of carbonyl (C=O) groups is 2. The van der Waals surface area contributed by atoms with E-state index in [1.54, 1.807) is 12.1 Å². The number of rotatable bonds is 5. The Balaban J connectivity index is 0.00000242. The van der Waals surface area contributed by atoms with Crippen molar-refractivity contribution < 1.29 is 9.59 Å². The van der Waals surface area contributed by atoms with Crippen LogP contribution in [-0.2, 0) is 11.3 Å². The highest BCUT2D eigenvalue weighted by atomic mass is 35.5. The Hall–Kier alpha value is -1.59. The predicted octanol–water partition coefficient (Wildman–Crippen LogP) is 1.70. The third kappa shape index (κ3) is 5.31. The van der Waals surface area contributed by atoms with Gasteiger partial charge in [-0.3, -0.25) is 9.59 Å². The average Bonchev–Trinajstić information content (AvgIpc) is 2.55. The highest BCUT2D eigenvalue weighted by molar-refractivity contribution is 5.94. The maximum Gasteiger partial charge on any atom is 0.251 e. The first-order valence-corrected chi connectivity index (χ1v) is 7.55. The fraction of sp³-hybridized carbons (Fsp3) is 0.500. The van der Waals surface area contributed by atoms with Crippen molar-refractivity contribution in [3.05, 3.63) is 35.4 Å². The van der Waals surface area contributed by atoms with E-state index in [0.717, 1.165) is 31.5 Å². The van der Waals surface area contributed by atoms with Crippen molar-refractivity contribution in [1.29, 1.82) is 0 Å². The second-order valence-corrected chi connectivity index (χ2v) is 5.35. The van der Waals surface area contributed by atoms with Gasteiger partial charge >= 0.3 is 0 Å². The molecule has 1 heterocycles. The summed E-state index contributed by atoms with van der Waals surface area (Å²) in [6, 6.07) is 7.19. The first-order valence-electron chi connectivity index (χ1n) is 7.55. The molecular weight excluding hydrogens is 302 g/mol. The fourth-order valence-corrected chi connectivity index (χ4v) is 2.48. The molecule has 0 aromatic heterocycles. The molecule has 0 unspecified atom stereocenters. The van der Waals surface area contributed by atoms with Gasteiger partial charge in [-0.1, -0.05) is 12.1 Å². The maximum atomic E-state index is 12.0. The second-order valence-electron chi connectivity index (χ2n) is 5.35. The van der Waals surface area contributed by atoms with Gasteiger partial charge in [0.05, 0.1) is 0 Å². The third-order valence-corrected chi connectivity index (χ3v) is 3.79. The van der Waals surface area contributed by atoms with Gasteiger partial charge in [0.15, 0.2) is 0 Å². The second kappa shape index (κ2) is 9.43. The van der Waals surface area contributed by atoms with Crippen LogP contribution in [0.2, 0.25) is 0 Å². The Morgan fingerprint density at radius 1 is 1.09 bits per heavy atom. The molecule has 5 nitrogen and oxygen atoms in total. The van der Waals surface area contributed by atoms with Crippen LogP contribution in [0.1, 0.15) is 41.6 Å². The number of carbonyl (C=O) groups excluding carboxylic acids is 2. The molecule has 1 aliphatic heterocycles. The van der Waals surface area contributed by atoms with Crippen LogP contribution in [0.3, 0.4) is 0 Å². The fourth-order valence-electron chi connectivity index (χ4n) is 2.48. The number of nitrogens with one attached hydrogen (secondary N) is 1. The van der Waals surface area contributed by atoms with E-state index in [1.165, 1.54) is 6.42 Å². The lowest BCUT2D eigenvalue weighted by Gasteiger charge is -2.26. The van der Waals surface area contributed by atoms with Gasteiger partial charge in [0.1, 0.15) is 0 Å². The molecule has 0 spiro atoms. The molecule has 0 radical (unpaired) electrons. The smallest absolute Gasteiger partial charge is 0.251 e. The quantitative estimate of drug-likeness (QED) is 0.865. The number of hydrogen-bond acceptors (Lipinski definition) is 3. The zero-order valence-electron chi connectivity index (χ0n) is 12.7. The molecule has 3 N–H and O–H groups in total. The van der Waals surface area contributed by atoms with E-state index in [-0.39, 0.29) is 24.2 Å². The lowest BCUT2D eigenvalue weighted by molar-refractivity contribution is -0.131. The summed E-state index contributed by atoms with van der Waals surface area (Å²) in [4.78, 5) is 25.8. The van der Waals surface area contributed by atoms with Crippen molar-refractivity contribution in [3.8, 4) is 0 Å². The van der Waals surface area contributed by atoms with Crippen LogP contribution in [0.4, 0.5) is 0 Å². The molecule has 1 aliphatic rings. The molecule has 0 atom stereocenters. The number of nitrogens with two attached hydrogens (primary N) is 1. The van der Waals surface area contributed by atoms with Crippen LogP contribution in [0, 0.1) is 0 Å². The van der Waals surface area contributed by atoms with Gasteiger partial charge in [-0.05, 0) is 37.0 Å². The molecule has 1 fully saturated rings. The van der Waals surface area contributed by atoms with Gasteiger partial charge in [0, 0.05) is 38.2 Å². The Bertz CT molecular complexity index is 485. The zero-order chi connectivity index (χ0) is 15.1. The standard InChI is InChI=1S/C16H23N3O2.ClH/c17-12-13-4-6-14(7-5-13)16(21)18-9-8-15(20)19-10-2-1-3-11-19;/h4-7H,1-3,8-12,17H2,(H,18,21);1H. The lowest BCUT2D eigenvalue weighted by Crippen LogP contribution is -2.37. The van der Waals surface area contributed by atoms with Gasteiger partial charge < -0.3 is 16.0 Å². The predicted molar refractivity (Wildman–Crippen MR) is 89.0 cm³/mol. The Morgan fingerprint density at radius 2 is 1.73 bits per heavy atom. The average molecular weight is 326 g/mol. The molecule has 1 saturated heterocycles. The van der Waals surface area contributed by atoms with Crippen molar-refractivity contribution in [2.24, 2.45) is 5.73 Å². The summed E-state index contributed by atoms with van der Waals surface area (Å²) in [6.07, 6.45) is 3.75. The number of halogens is 1. The van der Waals surface area contributed by atoms with Crippen LogP contribution in [0.15, 0.2) is 24.3 Å². The van der Waals surface area contributed by atoms with Gasteiger partial charge in [0.2, 0.25) is 5.91 Å². The number of piperidine rings is 1. The highest BCUT2D eigenvalue weighted by Crippen LogP contribution is 2.09. The van der Waals surface area contributed by atoms with E-state index in [4.69, 9.17) is 5.73 Å². The van der Waals surface area contributed by atoms with Crippen LogP contribution < -0.4 is 11.1 Å². The van der Waals surface area contributed by atoms with Crippen LogP contribution in [-0.4, -0.2) is 36.3 Å². The van der Waals surface area contributed by atoms with Crippen LogP contribution >= 0.6 is 12.4 Å². The SMILES string of the molecule is Cl.NCc1ccc(C(=O)NCCC(=O)N2CCCCC2)cc1. The molecule has 2 amide bonds. The molecule has 6 heteroatoms. The van der Waals surface area contributed by atoms with Crippen LogP contribution in [0.25, 0.3) is 0 Å². The Kier molecular flexibility index (Phi) is 7.91. The van der Waals surface area contributed by atoms with E-state index in [1.807, 2.05) is 17.0 Å². The molecule has 1 aromatic carbocycles. The van der Waals surface area contributed by atoms with Gasteiger partial charge in [-0.2, -0.15) is 0 Å². The summed E-state index contributed by atoms with van der Waals surface area (Å²) in [5, 5.41) is 2.79. The van der Waals surface area contributed by atoms with E-state index in [0.29, 0.717) is 25.1 Å². The number of amides is 2. The van der Waals surface area contributed by atoms with Crippen molar-refractivity contribution >= 4 is 24.2 Å². The van der Waals surface area contributed by atoms with E-state index in [9.17, 15) is 9.59 Å². The number of nitrogens with zero attached hydrogens (tertiary/aromatic N) is 1. The minimum absolute atomic E-state index is 0. The monoisotopic (exact) mass is 325 g/mol. The first-order chi connectivity index (χ1) is 10.2. The molecule has 2 rings (SSSR count). The lowest BCUT2D eigenvalue weighted by atomic mass is 10.1. The topological polar surface area (TPSA) is 75.4 Å². The Labute approximate surface area is 137 Å². The van der Waals surface area contributed by atoms with E-state index in [2.05, 4.69) is 5.32 Å². The summed E-state index contributed by atoms with van der Waals surface area (Å²) >= 11 is 0. The molecule has 22 heavy (non-hydrogen) atoms. The van der Waals surface area contributed by atoms with Crippen LogP contribution in [0.5, 0.6) is 0 Å². The first kappa shape index (κ1) is 18.5. The highest BCUT2D eigenvalue weighted by Gasteiger charge is 2.16. The van der Waals surface area contributed by atoms with Gasteiger partial charge in [-0.15, -0.1) is 12.4 Å². The van der Waals surface area contributed by atoms with Gasteiger partial charge in [0.25, 0.3) is 5.91 Å². The molecule has 0 saturated carbocycles. The third-order valence-electron chi connectivity index (χ3n) is 3.79. The molecule has 0 aliphatic carbocycles. The summed E-state index contributed by atoms with van der Waals surface area (Å²) in [5.74, 6) is -0.0153. The van der Waals surface area contributed by atoms with Crippen molar-refractivity contribution in [1.82, 2.24) is 10.2 Å². The normalized spacial score (nSPS) is 14.1. The van der Waals surface area contributed by atoms with Gasteiger partial charge in [-0.25, -0.2) is 0 Å². The number of benzene rings is 1. The minimum Gasteiger partial charge on any atom is -0.352 e. The Morgan fingerprint density at radius 3 is 2.32 bits per heavy atom. The summed E-state index contributed by atoms with van der Waals surface area (Å²) in [6.45, 7) is 2.56. The minimum atomic E-state index is -0.148. The van der Waals surface area contributed by atoms with Crippen molar-refractivity contribution in [2.75, 3.05) is 19.6 Å². The molecule has 0 bridgehead atoms. The molecule has 122 valence electrons. The molecule has 1 aromatic rings. The molecular formula is C16H24ClN3O2. The maximum absolute atomic E-state index is 12.0. The summed E-state index contributed by atoms with van der Waals surface area (Å²) < 4.78 is 0. The summed E-state index contributed by atoms with van der Waals surface area (Å²) in [7, 11) is 0. The number of likely N-dealkylation sites (tertiary alicyclic amines) is 1. The van der Waals surface area contributed by atoms with E-state index < -0.39 is 0 Å². The van der Waals surface area contributed by atoms with E-state index >= 15 is 0 Å². The zero-order valence-corrected chi connectivity index (χ0v) is 13.5. The number of hydrogen-bond donors (Lipinski definition) is 2.